The van der Waals surface area contributed by atoms with E-state index in [4.69, 9.17) is 4.74 Å². The van der Waals surface area contributed by atoms with E-state index in [2.05, 4.69) is 20.9 Å². The molecule has 3 N–H and O–H groups in total. The summed E-state index contributed by atoms with van der Waals surface area (Å²) in [5.41, 5.74) is 1.84. The number of amides is 1. The molecule has 0 bridgehead atoms. The van der Waals surface area contributed by atoms with Crippen LogP contribution < -0.4 is 20.7 Å². The summed E-state index contributed by atoms with van der Waals surface area (Å²) in [6, 6.07) is 14.9. The standard InChI is InChI=1S/C23H29FN4O2.HI/c1-25-23(27-15-13-18-4-2-3-5-21(18)24)26-14-12-17-6-10-20(11-7-17)30-16-22(29)28-19-8-9-19;/h2-7,10-11,19H,8-9,12-16H2,1H3,(H,28,29)(H2,25,26,27);1H. The van der Waals surface area contributed by atoms with E-state index in [1.807, 2.05) is 30.3 Å². The lowest BCUT2D eigenvalue weighted by Gasteiger charge is -2.12. The molecule has 0 unspecified atom stereocenters. The van der Waals surface area contributed by atoms with Gasteiger partial charge < -0.3 is 20.7 Å². The summed E-state index contributed by atoms with van der Waals surface area (Å²) in [5, 5.41) is 9.36. The van der Waals surface area contributed by atoms with E-state index in [1.165, 1.54) is 6.07 Å². The summed E-state index contributed by atoms with van der Waals surface area (Å²) in [7, 11) is 1.71. The lowest BCUT2D eigenvalue weighted by atomic mass is 10.1. The van der Waals surface area contributed by atoms with Gasteiger partial charge in [-0.15, -0.1) is 24.0 Å². The Morgan fingerprint density at radius 3 is 2.39 bits per heavy atom. The van der Waals surface area contributed by atoms with Gasteiger partial charge in [-0.1, -0.05) is 30.3 Å². The molecule has 0 atom stereocenters. The summed E-state index contributed by atoms with van der Waals surface area (Å²) < 4.78 is 19.2. The second kappa shape index (κ2) is 13.1. The molecule has 1 aliphatic carbocycles. The van der Waals surface area contributed by atoms with Crippen molar-refractivity contribution in [3.05, 3.63) is 65.5 Å². The maximum atomic E-state index is 13.7. The van der Waals surface area contributed by atoms with Crippen LogP contribution in [-0.2, 0) is 17.6 Å². The van der Waals surface area contributed by atoms with Gasteiger partial charge in [0.15, 0.2) is 12.6 Å². The van der Waals surface area contributed by atoms with E-state index in [1.54, 1.807) is 19.2 Å². The van der Waals surface area contributed by atoms with Gasteiger partial charge in [-0.2, -0.15) is 0 Å². The van der Waals surface area contributed by atoms with Crippen molar-refractivity contribution in [3.63, 3.8) is 0 Å². The third-order valence-corrected chi connectivity index (χ3v) is 4.81. The van der Waals surface area contributed by atoms with E-state index in [0.29, 0.717) is 42.8 Å². The van der Waals surface area contributed by atoms with Crippen molar-refractivity contribution in [2.24, 2.45) is 4.99 Å². The van der Waals surface area contributed by atoms with Gasteiger partial charge in [0, 0.05) is 26.2 Å². The molecule has 1 amide bonds. The first-order valence-corrected chi connectivity index (χ1v) is 10.3. The summed E-state index contributed by atoms with van der Waals surface area (Å²) in [5.74, 6) is 1.12. The van der Waals surface area contributed by atoms with Crippen LogP contribution in [0.5, 0.6) is 5.75 Å². The molecule has 0 heterocycles. The van der Waals surface area contributed by atoms with Crippen LogP contribution in [0.1, 0.15) is 24.0 Å². The first-order chi connectivity index (χ1) is 14.6. The summed E-state index contributed by atoms with van der Waals surface area (Å²) in [4.78, 5) is 15.9. The highest BCUT2D eigenvalue weighted by Crippen LogP contribution is 2.18. The fourth-order valence-electron chi connectivity index (χ4n) is 2.96. The minimum atomic E-state index is -0.182. The number of nitrogens with zero attached hydrogens (tertiary/aromatic N) is 1. The minimum Gasteiger partial charge on any atom is -0.484 e. The van der Waals surface area contributed by atoms with E-state index in [-0.39, 0.29) is 42.3 Å². The van der Waals surface area contributed by atoms with E-state index >= 15 is 0 Å². The van der Waals surface area contributed by atoms with Crippen LogP contribution in [0.4, 0.5) is 4.39 Å². The highest BCUT2D eigenvalue weighted by Gasteiger charge is 2.23. The molecule has 1 saturated carbocycles. The lowest BCUT2D eigenvalue weighted by Crippen LogP contribution is -2.39. The van der Waals surface area contributed by atoms with Crippen LogP contribution in [0.15, 0.2) is 53.5 Å². The number of hydrogen-bond donors (Lipinski definition) is 3. The predicted molar refractivity (Wildman–Crippen MR) is 132 cm³/mol. The number of carbonyl (C=O) groups excluding carboxylic acids is 1. The number of nitrogens with one attached hydrogen (secondary N) is 3. The first kappa shape index (κ1) is 24.9. The number of aliphatic imine (C=N–C) groups is 1. The normalized spacial score (nSPS) is 13.2. The Morgan fingerprint density at radius 1 is 1.06 bits per heavy atom. The maximum Gasteiger partial charge on any atom is 0.258 e. The largest absolute Gasteiger partial charge is 0.484 e. The molecule has 0 radical (unpaired) electrons. The van der Waals surface area contributed by atoms with Gasteiger partial charge in [-0.05, 0) is 55.0 Å². The molecule has 2 aromatic carbocycles. The minimum absolute atomic E-state index is 0. The van der Waals surface area contributed by atoms with Crippen molar-refractivity contribution < 1.29 is 13.9 Å². The first-order valence-electron chi connectivity index (χ1n) is 10.3. The van der Waals surface area contributed by atoms with E-state index in [9.17, 15) is 9.18 Å². The highest BCUT2D eigenvalue weighted by molar-refractivity contribution is 14.0. The van der Waals surface area contributed by atoms with Gasteiger partial charge in [0.2, 0.25) is 0 Å². The number of ether oxygens (including phenoxy) is 1. The zero-order chi connectivity index (χ0) is 21.2. The fraction of sp³-hybridized carbons (Fsp3) is 0.391. The summed E-state index contributed by atoms with van der Waals surface area (Å²) in [6.07, 6.45) is 3.55. The molecule has 0 aromatic heterocycles. The van der Waals surface area contributed by atoms with Crippen molar-refractivity contribution in [2.45, 2.75) is 31.7 Å². The van der Waals surface area contributed by atoms with Crippen molar-refractivity contribution in [1.29, 1.82) is 0 Å². The average Bonchev–Trinajstić information content (AvgIpc) is 3.57. The van der Waals surface area contributed by atoms with Gasteiger partial charge in [0.25, 0.3) is 5.91 Å². The quantitative estimate of drug-likeness (QED) is 0.246. The van der Waals surface area contributed by atoms with Crippen molar-refractivity contribution >= 4 is 35.8 Å². The van der Waals surface area contributed by atoms with E-state index in [0.717, 1.165) is 24.8 Å². The molecule has 2 aromatic rings. The Hall–Kier alpha value is -2.36. The Labute approximate surface area is 200 Å². The van der Waals surface area contributed by atoms with Crippen molar-refractivity contribution in [1.82, 2.24) is 16.0 Å². The number of guanidine groups is 1. The number of benzene rings is 2. The molecule has 3 rings (SSSR count). The molecule has 0 aliphatic heterocycles. The molecular weight excluding hydrogens is 510 g/mol. The Balaban J connectivity index is 0.00000341. The molecule has 168 valence electrons. The zero-order valence-electron chi connectivity index (χ0n) is 17.7. The fourth-order valence-corrected chi connectivity index (χ4v) is 2.96. The topological polar surface area (TPSA) is 74.8 Å². The number of halogens is 2. The van der Waals surface area contributed by atoms with Crippen LogP contribution in [-0.4, -0.2) is 44.7 Å². The molecule has 0 spiro atoms. The van der Waals surface area contributed by atoms with Crippen molar-refractivity contribution in [3.8, 4) is 5.75 Å². The highest BCUT2D eigenvalue weighted by atomic mass is 127. The zero-order valence-corrected chi connectivity index (χ0v) is 20.0. The molecule has 31 heavy (non-hydrogen) atoms. The maximum absolute atomic E-state index is 13.7. The molecule has 1 aliphatic rings. The molecule has 0 saturated heterocycles. The number of rotatable bonds is 10. The smallest absolute Gasteiger partial charge is 0.258 e. The molecule has 8 heteroatoms. The van der Waals surface area contributed by atoms with Crippen LogP contribution in [0, 0.1) is 5.82 Å². The van der Waals surface area contributed by atoms with Crippen LogP contribution in [0.25, 0.3) is 0 Å². The molecule has 6 nitrogen and oxygen atoms in total. The third kappa shape index (κ3) is 9.12. The Bertz CT molecular complexity index is 857. The SMILES string of the molecule is CN=C(NCCc1ccc(OCC(=O)NC2CC2)cc1)NCCc1ccccc1F.I. The second-order valence-electron chi connectivity index (χ2n) is 7.29. The van der Waals surface area contributed by atoms with Gasteiger partial charge in [-0.3, -0.25) is 9.79 Å². The predicted octanol–water partition coefficient (Wildman–Crippen LogP) is 3.05. The Kier molecular flexibility index (Phi) is 10.6. The van der Waals surface area contributed by atoms with Gasteiger partial charge in [0.05, 0.1) is 0 Å². The molecular formula is C23H30FIN4O2. The number of hydrogen-bond acceptors (Lipinski definition) is 3. The summed E-state index contributed by atoms with van der Waals surface area (Å²) >= 11 is 0. The average molecular weight is 540 g/mol. The molecule has 1 fully saturated rings. The van der Waals surface area contributed by atoms with Gasteiger partial charge in [-0.25, -0.2) is 4.39 Å². The van der Waals surface area contributed by atoms with Crippen LogP contribution in [0.3, 0.4) is 0 Å². The van der Waals surface area contributed by atoms with Crippen molar-refractivity contribution in [2.75, 3.05) is 26.7 Å². The Morgan fingerprint density at radius 2 is 1.74 bits per heavy atom. The van der Waals surface area contributed by atoms with Gasteiger partial charge >= 0.3 is 0 Å². The monoisotopic (exact) mass is 540 g/mol. The second-order valence-corrected chi connectivity index (χ2v) is 7.29. The van der Waals surface area contributed by atoms with Crippen LogP contribution >= 0.6 is 24.0 Å². The van der Waals surface area contributed by atoms with Gasteiger partial charge in [0.1, 0.15) is 11.6 Å². The lowest BCUT2D eigenvalue weighted by molar-refractivity contribution is -0.123. The van der Waals surface area contributed by atoms with E-state index < -0.39 is 0 Å². The summed E-state index contributed by atoms with van der Waals surface area (Å²) in [6.45, 7) is 1.36. The number of carbonyl (C=O) groups is 1. The van der Waals surface area contributed by atoms with Crippen LogP contribution in [0.2, 0.25) is 0 Å². The third-order valence-electron chi connectivity index (χ3n) is 4.81.